The Kier molecular flexibility index (Phi) is 6.86. The molecule has 1 N–H and O–H groups in total. The van der Waals surface area contributed by atoms with E-state index in [1.54, 1.807) is 0 Å². The highest BCUT2D eigenvalue weighted by molar-refractivity contribution is 6.30. The number of hydrogen-bond donors (Lipinski definition) is 1. The van der Waals surface area contributed by atoms with Gasteiger partial charge in [-0.2, -0.15) is 0 Å². The molecular weight excluding hydrogens is 247 g/mol. The molecule has 0 amide bonds. The van der Waals surface area contributed by atoms with E-state index in [-0.39, 0.29) is 18.0 Å². The summed E-state index contributed by atoms with van der Waals surface area (Å²) in [6.45, 7) is 3.48. The normalized spacial score (nSPS) is 9.31. The van der Waals surface area contributed by atoms with Gasteiger partial charge in [0.15, 0.2) is 0 Å². The predicted octanol–water partition coefficient (Wildman–Crippen LogP) is 3.73. The Morgan fingerprint density at radius 3 is 2.38 bits per heavy atom. The van der Waals surface area contributed by atoms with Crippen LogP contribution in [0.25, 0.3) is 0 Å². The molecule has 0 saturated carbocycles. The lowest BCUT2D eigenvalue weighted by atomic mass is 10.1. The van der Waals surface area contributed by atoms with Crippen LogP contribution in [0.15, 0.2) is 36.4 Å². The summed E-state index contributed by atoms with van der Waals surface area (Å²) in [7, 11) is 0. The van der Waals surface area contributed by atoms with Crippen LogP contribution in [0.3, 0.4) is 0 Å². The molecule has 0 radical (unpaired) electrons. The second-order valence-electron chi connectivity index (χ2n) is 3.39. The lowest BCUT2D eigenvalue weighted by Gasteiger charge is -2.01. The van der Waals surface area contributed by atoms with Crippen molar-refractivity contribution in [1.82, 2.24) is 0 Å². The maximum Gasteiger partial charge on any atom is 0.330 e. The molecule has 0 heterocycles. The Morgan fingerprint density at radius 2 is 1.88 bits per heavy atom. The maximum absolute atomic E-state index is 10.5. The van der Waals surface area contributed by atoms with Crippen LogP contribution in [0.5, 0.6) is 0 Å². The number of rotatable bonds is 5. The Labute approximate surface area is 106 Å². The number of hydrogen-bond acceptors (Lipinski definition) is 1. The second-order valence-corrected chi connectivity index (χ2v) is 3.83. The van der Waals surface area contributed by atoms with Gasteiger partial charge in [-0.05, 0) is 37.0 Å². The van der Waals surface area contributed by atoms with Crippen molar-refractivity contribution in [3.63, 3.8) is 0 Å². The topological polar surface area (TPSA) is 37.3 Å². The summed E-state index contributed by atoms with van der Waals surface area (Å²) in [6.07, 6.45) is 2.17. The zero-order valence-electron chi connectivity index (χ0n) is 8.78. The van der Waals surface area contributed by atoms with E-state index >= 15 is 0 Å². The summed E-state index contributed by atoms with van der Waals surface area (Å²) >= 11 is 5.75. The molecule has 2 nitrogen and oxygen atoms in total. The van der Waals surface area contributed by atoms with E-state index in [9.17, 15) is 4.79 Å². The highest BCUT2D eigenvalue weighted by atomic mass is 35.5. The quantitative estimate of drug-likeness (QED) is 0.820. The number of carboxylic acids is 1. The van der Waals surface area contributed by atoms with E-state index < -0.39 is 5.97 Å². The van der Waals surface area contributed by atoms with Crippen LogP contribution >= 0.6 is 24.0 Å². The van der Waals surface area contributed by atoms with Gasteiger partial charge in [-0.15, -0.1) is 12.4 Å². The van der Waals surface area contributed by atoms with Gasteiger partial charge in [0.2, 0.25) is 0 Å². The van der Waals surface area contributed by atoms with Gasteiger partial charge < -0.3 is 5.11 Å². The SMILES string of the molecule is C=C(CCCc1ccc(Cl)cc1)C(=O)O.Cl. The summed E-state index contributed by atoms with van der Waals surface area (Å²) in [5.74, 6) is -0.911. The van der Waals surface area contributed by atoms with Crippen LogP contribution in [0.2, 0.25) is 5.02 Å². The molecule has 4 heteroatoms. The molecule has 16 heavy (non-hydrogen) atoms. The van der Waals surface area contributed by atoms with Crippen LogP contribution < -0.4 is 0 Å². The number of carboxylic acid groups (broad SMARTS) is 1. The van der Waals surface area contributed by atoms with E-state index in [0.717, 1.165) is 18.4 Å². The first-order valence-electron chi connectivity index (χ1n) is 4.75. The van der Waals surface area contributed by atoms with Crippen molar-refractivity contribution in [3.05, 3.63) is 47.0 Å². The first-order chi connectivity index (χ1) is 7.09. The smallest absolute Gasteiger partial charge is 0.330 e. The van der Waals surface area contributed by atoms with Gasteiger partial charge >= 0.3 is 5.97 Å². The molecule has 1 aromatic rings. The number of carbonyl (C=O) groups is 1. The highest BCUT2D eigenvalue weighted by Gasteiger charge is 2.03. The molecule has 88 valence electrons. The molecule has 1 rings (SSSR count). The largest absolute Gasteiger partial charge is 0.478 e. The second kappa shape index (κ2) is 7.31. The van der Waals surface area contributed by atoms with Crippen molar-refractivity contribution in [3.8, 4) is 0 Å². The number of aliphatic carboxylic acids is 1. The fourth-order valence-electron chi connectivity index (χ4n) is 1.26. The van der Waals surface area contributed by atoms with Gasteiger partial charge in [-0.3, -0.25) is 0 Å². The van der Waals surface area contributed by atoms with Crippen molar-refractivity contribution in [1.29, 1.82) is 0 Å². The Hall–Kier alpha value is -0.990. The molecule has 0 bridgehead atoms. The monoisotopic (exact) mass is 260 g/mol. The summed E-state index contributed by atoms with van der Waals surface area (Å²) in [4.78, 5) is 10.5. The zero-order chi connectivity index (χ0) is 11.3. The van der Waals surface area contributed by atoms with Crippen LogP contribution in [0.4, 0.5) is 0 Å². The predicted molar refractivity (Wildman–Crippen MR) is 68.4 cm³/mol. The lowest BCUT2D eigenvalue weighted by molar-refractivity contribution is -0.132. The van der Waals surface area contributed by atoms with E-state index in [4.69, 9.17) is 16.7 Å². The van der Waals surface area contributed by atoms with Crippen LogP contribution in [-0.4, -0.2) is 11.1 Å². The molecule has 0 fully saturated rings. The zero-order valence-corrected chi connectivity index (χ0v) is 10.4. The molecule has 0 unspecified atom stereocenters. The minimum Gasteiger partial charge on any atom is -0.478 e. The van der Waals surface area contributed by atoms with Gasteiger partial charge in [-0.1, -0.05) is 30.3 Å². The first-order valence-corrected chi connectivity index (χ1v) is 5.13. The molecule has 0 spiro atoms. The lowest BCUT2D eigenvalue weighted by Crippen LogP contribution is -1.99. The average molecular weight is 261 g/mol. The van der Waals surface area contributed by atoms with Gasteiger partial charge in [0, 0.05) is 10.6 Å². The molecule has 0 saturated heterocycles. The Balaban J connectivity index is 0.00000225. The van der Waals surface area contributed by atoms with Crippen LogP contribution in [0.1, 0.15) is 18.4 Å². The van der Waals surface area contributed by atoms with E-state index in [1.807, 2.05) is 24.3 Å². The Morgan fingerprint density at radius 1 is 1.31 bits per heavy atom. The van der Waals surface area contributed by atoms with Crippen molar-refractivity contribution < 1.29 is 9.90 Å². The fourth-order valence-corrected chi connectivity index (χ4v) is 1.39. The third kappa shape index (κ3) is 5.19. The average Bonchev–Trinajstić information content (AvgIpc) is 2.20. The standard InChI is InChI=1S/C12H13ClO2.ClH/c1-9(12(14)15)3-2-4-10-5-7-11(13)8-6-10;/h5-8H,1-4H2,(H,14,15);1H. The maximum atomic E-state index is 10.5. The van der Waals surface area contributed by atoms with Crippen molar-refractivity contribution in [2.45, 2.75) is 19.3 Å². The van der Waals surface area contributed by atoms with E-state index in [2.05, 4.69) is 6.58 Å². The van der Waals surface area contributed by atoms with Crippen molar-refractivity contribution >= 4 is 30.0 Å². The fraction of sp³-hybridized carbons (Fsp3) is 0.250. The number of aryl methyl sites for hydroxylation is 1. The molecule has 0 aliphatic rings. The van der Waals surface area contributed by atoms with Gasteiger partial charge in [0.25, 0.3) is 0 Å². The molecule has 0 atom stereocenters. The van der Waals surface area contributed by atoms with Gasteiger partial charge in [-0.25, -0.2) is 4.79 Å². The van der Waals surface area contributed by atoms with Crippen molar-refractivity contribution in [2.75, 3.05) is 0 Å². The third-order valence-electron chi connectivity index (χ3n) is 2.16. The summed E-state index contributed by atoms with van der Waals surface area (Å²) < 4.78 is 0. The first kappa shape index (κ1) is 15.0. The molecule has 0 aliphatic heterocycles. The van der Waals surface area contributed by atoms with Gasteiger partial charge in [0.1, 0.15) is 0 Å². The molecule has 1 aromatic carbocycles. The van der Waals surface area contributed by atoms with E-state index in [0.29, 0.717) is 11.4 Å². The van der Waals surface area contributed by atoms with Crippen LogP contribution in [-0.2, 0) is 11.2 Å². The third-order valence-corrected chi connectivity index (χ3v) is 2.41. The highest BCUT2D eigenvalue weighted by Crippen LogP contribution is 2.13. The van der Waals surface area contributed by atoms with E-state index in [1.165, 1.54) is 0 Å². The number of benzene rings is 1. The minimum absolute atomic E-state index is 0. The molecule has 0 aromatic heterocycles. The minimum atomic E-state index is -0.911. The van der Waals surface area contributed by atoms with Crippen molar-refractivity contribution in [2.24, 2.45) is 0 Å². The molecule has 0 aliphatic carbocycles. The summed E-state index contributed by atoms with van der Waals surface area (Å²) in [5.41, 5.74) is 1.43. The summed E-state index contributed by atoms with van der Waals surface area (Å²) in [5, 5.41) is 9.31. The van der Waals surface area contributed by atoms with Gasteiger partial charge in [0.05, 0.1) is 0 Å². The summed E-state index contributed by atoms with van der Waals surface area (Å²) in [6, 6.07) is 7.57. The van der Waals surface area contributed by atoms with Crippen LogP contribution in [0, 0.1) is 0 Å². The number of halogens is 2. The Bertz CT molecular complexity index is 358. The molecular formula is C12H14Cl2O2.